The Labute approximate surface area is 158 Å². The van der Waals surface area contributed by atoms with Gasteiger partial charge < -0.3 is 19.7 Å². The van der Waals surface area contributed by atoms with Crippen molar-refractivity contribution in [3.63, 3.8) is 0 Å². The molecule has 1 aromatic carbocycles. The number of carbonyl (C=O) groups is 1. The Bertz CT molecular complexity index is 793. The second-order valence-electron chi connectivity index (χ2n) is 7.01. The van der Waals surface area contributed by atoms with E-state index in [1.54, 1.807) is 13.3 Å². The molecule has 8 nitrogen and oxygen atoms in total. The highest BCUT2D eigenvalue weighted by Crippen LogP contribution is 2.29. The fourth-order valence-corrected chi connectivity index (χ4v) is 3.84. The van der Waals surface area contributed by atoms with Crippen LogP contribution in [0.25, 0.3) is 0 Å². The number of ether oxygens (including phenoxy) is 2. The second-order valence-corrected chi connectivity index (χ2v) is 7.01. The molecule has 144 valence electrons. The molecule has 2 aromatic rings. The Balaban J connectivity index is 1.26. The molecule has 0 radical (unpaired) electrons. The first-order valence-corrected chi connectivity index (χ1v) is 9.36. The molecule has 0 aliphatic carbocycles. The average molecular weight is 371 g/mol. The fourth-order valence-electron chi connectivity index (χ4n) is 3.84. The van der Waals surface area contributed by atoms with Crippen molar-refractivity contribution in [2.75, 3.05) is 26.7 Å². The van der Waals surface area contributed by atoms with Gasteiger partial charge in [0.05, 0.1) is 37.8 Å². The van der Waals surface area contributed by atoms with Crippen LogP contribution in [0.3, 0.4) is 0 Å². The summed E-state index contributed by atoms with van der Waals surface area (Å²) in [6.45, 7) is 3.56. The van der Waals surface area contributed by atoms with Crippen molar-refractivity contribution in [2.45, 2.75) is 38.1 Å². The third-order valence-electron chi connectivity index (χ3n) is 5.34. The van der Waals surface area contributed by atoms with Gasteiger partial charge >= 0.3 is 0 Å². The summed E-state index contributed by atoms with van der Waals surface area (Å²) < 4.78 is 13.2. The topological polar surface area (TPSA) is 81.5 Å². The summed E-state index contributed by atoms with van der Waals surface area (Å²) in [7, 11) is 1.64. The van der Waals surface area contributed by atoms with Gasteiger partial charge in [0.15, 0.2) is 0 Å². The predicted octanol–water partition coefficient (Wildman–Crippen LogP) is 1.14. The summed E-state index contributed by atoms with van der Waals surface area (Å²) in [4.78, 5) is 14.6. The third-order valence-corrected chi connectivity index (χ3v) is 5.34. The number of benzene rings is 1. The van der Waals surface area contributed by atoms with Crippen LogP contribution in [0.5, 0.6) is 5.75 Å². The van der Waals surface area contributed by atoms with E-state index in [0.29, 0.717) is 19.6 Å². The zero-order chi connectivity index (χ0) is 18.6. The number of likely N-dealkylation sites (tertiary alicyclic amines) is 1. The van der Waals surface area contributed by atoms with E-state index in [2.05, 4.69) is 20.5 Å². The third kappa shape index (κ3) is 3.96. The van der Waals surface area contributed by atoms with Gasteiger partial charge in [-0.2, -0.15) is 0 Å². The van der Waals surface area contributed by atoms with Crippen LogP contribution in [0.1, 0.15) is 30.1 Å². The molecular weight excluding hydrogens is 346 g/mol. The molecule has 2 aliphatic heterocycles. The number of fused-ring (bicyclic) bond motifs is 3. The highest BCUT2D eigenvalue weighted by Gasteiger charge is 2.36. The van der Waals surface area contributed by atoms with Crippen molar-refractivity contribution in [1.29, 1.82) is 0 Å². The molecule has 2 unspecified atom stereocenters. The molecule has 0 spiro atoms. The van der Waals surface area contributed by atoms with E-state index in [4.69, 9.17) is 9.47 Å². The molecule has 1 N–H and O–H groups in total. The minimum atomic E-state index is 0.0457. The summed E-state index contributed by atoms with van der Waals surface area (Å²) in [5, 5.41) is 11.2. The smallest absolute Gasteiger partial charge is 0.221 e. The SMILES string of the molecule is COc1ccccc1CNC(=O)CCN1CCC2OCc3cnnn3C2C1. The largest absolute Gasteiger partial charge is 0.496 e. The van der Waals surface area contributed by atoms with Crippen LogP contribution < -0.4 is 10.1 Å². The van der Waals surface area contributed by atoms with Crippen LogP contribution in [-0.4, -0.2) is 58.6 Å². The molecule has 1 saturated heterocycles. The van der Waals surface area contributed by atoms with E-state index in [0.717, 1.165) is 43.1 Å². The summed E-state index contributed by atoms with van der Waals surface area (Å²) in [6, 6.07) is 7.91. The van der Waals surface area contributed by atoms with E-state index in [9.17, 15) is 4.79 Å². The summed E-state index contributed by atoms with van der Waals surface area (Å²) >= 11 is 0. The second kappa shape index (κ2) is 8.06. The quantitative estimate of drug-likeness (QED) is 0.820. The van der Waals surface area contributed by atoms with E-state index in [1.165, 1.54) is 0 Å². The first kappa shape index (κ1) is 17.9. The molecule has 0 saturated carbocycles. The highest BCUT2D eigenvalue weighted by molar-refractivity contribution is 5.76. The van der Waals surface area contributed by atoms with Crippen LogP contribution in [0.2, 0.25) is 0 Å². The minimum Gasteiger partial charge on any atom is -0.496 e. The van der Waals surface area contributed by atoms with Crippen molar-refractivity contribution in [3.8, 4) is 5.75 Å². The Morgan fingerprint density at radius 3 is 3.19 bits per heavy atom. The van der Waals surface area contributed by atoms with Crippen molar-refractivity contribution in [1.82, 2.24) is 25.2 Å². The summed E-state index contributed by atoms with van der Waals surface area (Å²) in [5.41, 5.74) is 2.00. The standard InChI is InChI=1S/C19H25N5O3/c1-26-17-5-3-2-4-14(17)10-20-19(25)7-9-23-8-6-18-16(12-23)24-15(13-27-18)11-21-22-24/h2-5,11,16,18H,6-10,12-13H2,1H3,(H,20,25). The zero-order valence-electron chi connectivity index (χ0n) is 15.5. The van der Waals surface area contributed by atoms with Crippen molar-refractivity contribution < 1.29 is 14.3 Å². The van der Waals surface area contributed by atoms with Crippen LogP contribution in [0.4, 0.5) is 0 Å². The van der Waals surface area contributed by atoms with Gasteiger partial charge in [0.2, 0.25) is 5.91 Å². The van der Waals surface area contributed by atoms with Gasteiger partial charge in [-0.05, 0) is 12.5 Å². The predicted molar refractivity (Wildman–Crippen MR) is 98.2 cm³/mol. The van der Waals surface area contributed by atoms with E-state index in [1.807, 2.05) is 28.9 Å². The Hall–Kier alpha value is -2.45. The van der Waals surface area contributed by atoms with Crippen LogP contribution in [-0.2, 0) is 22.7 Å². The fraction of sp³-hybridized carbons (Fsp3) is 0.526. The number of carbonyl (C=O) groups excluding carboxylic acids is 1. The maximum absolute atomic E-state index is 12.3. The number of piperidine rings is 1. The first-order valence-electron chi connectivity index (χ1n) is 9.36. The number of para-hydroxylation sites is 1. The van der Waals surface area contributed by atoms with Crippen LogP contribution >= 0.6 is 0 Å². The van der Waals surface area contributed by atoms with Crippen molar-refractivity contribution in [2.24, 2.45) is 0 Å². The number of nitrogens with one attached hydrogen (secondary N) is 1. The van der Waals surface area contributed by atoms with Gasteiger partial charge in [0.1, 0.15) is 5.75 Å². The van der Waals surface area contributed by atoms with Gasteiger partial charge in [-0.1, -0.05) is 23.4 Å². The number of aromatic nitrogens is 3. The molecule has 1 fully saturated rings. The molecule has 27 heavy (non-hydrogen) atoms. The Kier molecular flexibility index (Phi) is 5.35. The van der Waals surface area contributed by atoms with Gasteiger partial charge in [0, 0.05) is 38.2 Å². The number of hydrogen-bond donors (Lipinski definition) is 1. The Morgan fingerprint density at radius 1 is 1.41 bits per heavy atom. The number of methoxy groups -OCH3 is 1. The molecule has 4 rings (SSSR count). The lowest BCUT2D eigenvalue weighted by molar-refractivity contribution is -0.122. The summed E-state index contributed by atoms with van der Waals surface area (Å²) in [6.07, 6.45) is 3.38. The lowest BCUT2D eigenvalue weighted by Crippen LogP contribution is -2.48. The van der Waals surface area contributed by atoms with Crippen LogP contribution in [0.15, 0.2) is 30.5 Å². The van der Waals surface area contributed by atoms with Gasteiger partial charge in [-0.3, -0.25) is 4.79 Å². The lowest BCUT2D eigenvalue weighted by atomic mass is 10.0. The van der Waals surface area contributed by atoms with Gasteiger partial charge in [0.25, 0.3) is 0 Å². The molecule has 3 heterocycles. The molecule has 1 amide bonds. The monoisotopic (exact) mass is 371 g/mol. The molecule has 2 atom stereocenters. The summed E-state index contributed by atoms with van der Waals surface area (Å²) in [5.74, 6) is 0.838. The number of nitrogens with zero attached hydrogens (tertiary/aromatic N) is 4. The van der Waals surface area contributed by atoms with Crippen molar-refractivity contribution in [3.05, 3.63) is 41.7 Å². The number of amides is 1. The molecule has 1 aromatic heterocycles. The molecule has 8 heteroatoms. The minimum absolute atomic E-state index is 0.0457. The van der Waals surface area contributed by atoms with E-state index < -0.39 is 0 Å². The average Bonchev–Trinajstić information content (AvgIpc) is 3.20. The first-order chi connectivity index (χ1) is 13.2. The normalized spacial score (nSPS) is 22.0. The Morgan fingerprint density at radius 2 is 2.30 bits per heavy atom. The molecular formula is C19H25N5O3. The number of hydrogen-bond acceptors (Lipinski definition) is 6. The van der Waals surface area contributed by atoms with Crippen molar-refractivity contribution >= 4 is 5.91 Å². The van der Waals surface area contributed by atoms with E-state index in [-0.39, 0.29) is 18.1 Å². The molecule has 0 bridgehead atoms. The maximum Gasteiger partial charge on any atom is 0.221 e. The lowest BCUT2D eigenvalue weighted by Gasteiger charge is -2.40. The molecule has 2 aliphatic rings. The maximum atomic E-state index is 12.3. The zero-order valence-corrected chi connectivity index (χ0v) is 15.5. The highest BCUT2D eigenvalue weighted by atomic mass is 16.5. The van der Waals surface area contributed by atoms with Gasteiger partial charge in [-0.25, -0.2) is 4.68 Å². The van der Waals surface area contributed by atoms with Gasteiger partial charge in [-0.15, -0.1) is 5.10 Å². The van der Waals surface area contributed by atoms with E-state index >= 15 is 0 Å². The number of rotatable bonds is 6. The van der Waals surface area contributed by atoms with Crippen LogP contribution in [0, 0.1) is 0 Å².